The van der Waals surface area contributed by atoms with E-state index in [2.05, 4.69) is 10.3 Å². The lowest BCUT2D eigenvalue weighted by Gasteiger charge is -2.17. The van der Waals surface area contributed by atoms with Crippen LogP contribution in [0.5, 0.6) is 0 Å². The molecular formula is C17H23N3O2S2. The smallest absolute Gasteiger partial charge is 0.262 e. The first-order chi connectivity index (χ1) is 11.4. The number of amides is 1. The van der Waals surface area contributed by atoms with Crippen LogP contribution in [0.15, 0.2) is 9.95 Å². The molecule has 2 aromatic heterocycles. The van der Waals surface area contributed by atoms with Gasteiger partial charge in [-0.2, -0.15) is 0 Å². The number of thiophene rings is 1. The molecular weight excluding hydrogens is 342 g/mol. The zero-order chi connectivity index (χ0) is 17.4. The second kappa shape index (κ2) is 6.88. The van der Waals surface area contributed by atoms with E-state index in [0.29, 0.717) is 16.6 Å². The fourth-order valence-electron chi connectivity index (χ4n) is 3.06. The average Bonchev–Trinajstić information content (AvgIpc) is 3.13. The van der Waals surface area contributed by atoms with Gasteiger partial charge in [-0.25, -0.2) is 4.98 Å². The molecule has 0 bridgehead atoms. The topological polar surface area (TPSA) is 64.0 Å². The first-order valence-corrected chi connectivity index (χ1v) is 10.0. The van der Waals surface area contributed by atoms with Gasteiger partial charge in [0, 0.05) is 18.0 Å². The molecule has 7 heteroatoms. The van der Waals surface area contributed by atoms with Crippen LogP contribution >= 0.6 is 23.1 Å². The molecule has 5 nitrogen and oxygen atoms in total. The number of aromatic nitrogens is 2. The summed E-state index contributed by atoms with van der Waals surface area (Å²) >= 11 is 2.89. The summed E-state index contributed by atoms with van der Waals surface area (Å²) in [5.41, 5.74) is 0.972. The van der Waals surface area contributed by atoms with Crippen LogP contribution < -0.4 is 10.9 Å². The van der Waals surface area contributed by atoms with E-state index in [0.717, 1.165) is 28.1 Å². The van der Waals surface area contributed by atoms with Crippen molar-refractivity contribution in [1.29, 1.82) is 0 Å². The Labute approximate surface area is 149 Å². The van der Waals surface area contributed by atoms with Gasteiger partial charge in [-0.05, 0) is 39.2 Å². The van der Waals surface area contributed by atoms with Gasteiger partial charge in [0.1, 0.15) is 4.83 Å². The predicted molar refractivity (Wildman–Crippen MR) is 100 cm³/mol. The Balaban J connectivity index is 1.82. The number of thioether (sulfide) groups is 1. The molecule has 1 aliphatic carbocycles. The lowest BCUT2D eigenvalue weighted by atomic mass is 10.2. The zero-order valence-electron chi connectivity index (χ0n) is 14.5. The SMILES string of the molecule is Cc1sc2nc(SC(C)C(=O)NC3CCCC3)n(C)c(=O)c2c1C. The van der Waals surface area contributed by atoms with E-state index in [1.54, 1.807) is 11.6 Å². The van der Waals surface area contributed by atoms with Crippen LogP contribution in [0.4, 0.5) is 0 Å². The second-order valence-electron chi connectivity index (χ2n) is 6.47. The summed E-state index contributed by atoms with van der Waals surface area (Å²) in [6, 6.07) is 0.308. The minimum atomic E-state index is -0.275. The Morgan fingerprint density at radius 3 is 2.71 bits per heavy atom. The number of carbonyl (C=O) groups is 1. The van der Waals surface area contributed by atoms with E-state index >= 15 is 0 Å². The minimum Gasteiger partial charge on any atom is -0.352 e. The number of nitrogens with one attached hydrogen (secondary N) is 1. The van der Waals surface area contributed by atoms with Crippen LogP contribution in [0.3, 0.4) is 0 Å². The number of rotatable bonds is 4. The summed E-state index contributed by atoms with van der Waals surface area (Å²) < 4.78 is 1.56. The van der Waals surface area contributed by atoms with Crippen molar-refractivity contribution < 1.29 is 4.79 Å². The molecule has 0 spiro atoms. The largest absolute Gasteiger partial charge is 0.352 e. The quantitative estimate of drug-likeness (QED) is 0.668. The van der Waals surface area contributed by atoms with Crippen molar-refractivity contribution in [3.8, 4) is 0 Å². The second-order valence-corrected chi connectivity index (χ2v) is 8.98. The van der Waals surface area contributed by atoms with Gasteiger partial charge in [-0.1, -0.05) is 24.6 Å². The molecule has 0 saturated heterocycles. The molecule has 3 rings (SSSR count). The molecule has 2 heterocycles. The van der Waals surface area contributed by atoms with Gasteiger partial charge >= 0.3 is 0 Å². The standard InChI is InChI=1S/C17H23N3O2S2/c1-9-10(2)23-15-13(9)16(22)20(4)17(19-15)24-11(3)14(21)18-12-7-5-6-8-12/h11-12H,5-8H2,1-4H3,(H,18,21). The van der Waals surface area contributed by atoms with Crippen molar-refractivity contribution in [3.63, 3.8) is 0 Å². The van der Waals surface area contributed by atoms with Gasteiger partial charge in [0.15, 0.2) is 5.16 Å². The van der Waals surface area contributed by atoms with Gasteiger partial charge in [0.25, 0.3) is 5.56 Å². The lowest BCUT2D eigenvalue weighted by Crippen LogP contribution is -2.38. The fourth-order valence-corrected chi connectivity index (χ4v) is 5.02. The fraction of sp³-hybridized carbons (Fsp3) is 0.588. The van der Waals surface area contributed by atoms with Crippen molar-refractivity contribution >= 4 is 39.2 Å². The summed E-state index contributed by atoms with van der Waals surface area (Å²) in [4.78, 5) is 31.5. The van der Waals surface area contributed by atoms with E-state index < -0.39 is 0 Å². The van der Waals surface area contributed by atoms with Gasteiger partial charge < -0.3 is 5.32 Å². The third-order valence-electron chi connectivity index (χ3n) is 4.72. The number of hydrogen-bond acceptors (Lipinski definition) is 5. The Hall–Kier alpha value is -1.34. The maximum absolute atomic E-state index is 12.6. The van der Waals surface area contributed by atoms with Crippen molar-refractivity contribution in [2.75, 3.05) is 0 Å². The molecule has 0 aliphatic heterocycles. The Kier molecular flexibility index (Phi) is 5.01. The predicted octanol–water partition coefficient (Wildman–Crippen LogP) is 3.15. The molecule has 1 atom stereocenters. The van der Waals surface area contributed by atoms with Crippen molar-refractivity contribution in [3.05, 3.63) is 20.8 Å². The van der Waals surface area contributed by atoms with Gasteiger partial charge in [-0.15, -0.1) is 11.3 Å². The van der Waals surface area contributed by atoms with Crippen molar-refractivity contribution in [2.45, 2.75) is 62.9 Å². The van der Waals surface area contributed by atoms with Crippen molar-refractivity contribution in [2.24, 2.45) is 7.05 Å². The summed E-state index contributed by atoms with van der Waals surface area (Å²) in [6.45, 7) is 5.84. The highest BCUT2D eigenvalue weighted by atomic mass is 32.2. The molecule has 0 aromatic carbocycles. The molecule has 1 aliphatic rings. The molecule has 1 saturated carbocycles. The van der Waals surface area contributed by atoms with E-state index in [9.17, 15) is 9.59 Å². The molecule has 24 heavy (non-hydrogen) atoms. The molecule has 1 amide bonds. The molecule has 1 N–H and O–H groups in total. The third kappa shape index (κ3) is 3.24. The van der Waals surface area contributed by atoms with Crippen LogP contribution in [0.2, 0.25) is 0 Å². The zero-order valence-corrected chi connectivity index (χ0v) is 16.1. The van der Waals surface area contributed by atoms with Crippen molar-refractivity contribution in [1.82, 2.24) is 14.9 Å². The Morgan fingerprint density at radius 2 is 2.04 bits per heavy atom. The van der Waals surface area contributed by atoms with E-state index in [4.69, 9.17) is 0 Å². The molecule has 130 valence electrons. The highest BCUT2D eigenvalue weighted by Crippen LogP contribution is 2.29. The summed E-state index contributed by atoms with van der Waals surface area (Å²) in [6.07, 6.45) is 4.52. The first kappa shape index (κ1) is 17.5. The Morgan fingerprint density at radius 1 is 1.38 bits per heavy atom. The Bertz CT molecular complexity index is 834. The van der Waals surface area contributed by atoms with E-state index in [1.807, 2.05) is 20.8 Å². The molecule has 2 aromatic rings. The first-order valence-electron chi connectivity index (χ1n) is 8.32. The molecule has 1 fully saturated rings. The maximum Gasteiger partial charge on any atom is 0.262 e. The van der Waals surface area contributed by atoms with Crippen LogP contribution in [0.1, 0.15) is 43.0 Å². The van der Waals surface area contributed by atoms with Crippen LogP contribution in [-0.4, -0.2) is 26.8 Å². The van der Waals surface area contributed by atoms with Gasteiger partial charge in [0.2, 0.25) is 5.91 Å². The molecule has 1 unspecified atom stereocenters. The normalized spacial score (nSPS) is 16.7. The number of aryl methyl sites for hydroxylation is 2. The van der Waals surface area contributed by atoms with Gasteiger partial charge in [0.05, 0.1) is 10.6 Å². The highest BCUT2D eigenvalue weighted by molar-refractivity contribution is 8.00. The maximum atomic E-state index is 12.6. The summed E-state index contributed by atoms with van der Waals surface area (Å²) in [5.74, 6) is 0.0276. The number of fused-ring (bicyclic) bond motifs is 1. The number of hydrogen-bond donors (Lipinski definition) is 1. The van der Waals surface area contributed by atoms with E-state index in [-0.39, 0.29) is 16.7 Å². The lowest BCUT2D eigenvalue weighted by molar-refractivity contribution is -0.120. The summed E-state index contributed by atoms with van der Waals surface area (Å²) in [5, 5.41) is 4.14. The van der Waals surface area contributed by atoms with E-state index in [1.165, 1.54) is 35.9 Å². The van der Waals surface area contributed by atoms with Crippen LogP contribution in [0.25, 0.3) is 10.2 Å². The highest BCUT2D eigenvalue weighted by Gasteiger charge is 2.23. The molecule has 0 radical (unpaired) electrons. The number of carbonyl (C=O) groups excluding carboxylic acids is 1. The van der Waals surface area contributed by atoms with Crippen LogP contribution in [-0.2, 0) is 11.8 Å². The van der Waals surface area contributed by atoms with Crippen LogP contribution in [0, 0.1) is 13.8 Å². The summed E-state index contributed by atoms with van der Waals surface area (Å²) in [7, 11) is 1.73. The average molecular weight is 366 g/mol. The number of nitrogens with zero attached hydrogens (tertiary/aromatic N) is 2. The van der Waals surface area contributed by atoms with Gasteiger partial charge in [-0.3, -0.25) is 14.2 Å². The monoisotopic (exact) mass is 365 g/mol. The third-order valence-corrected chi connectivity index (χ3v) is 6.97. The minimum absolute atomic E-state index is 0.0276.